The Morgan fingerprint density at radius 1 is 1.17 bits per heavy atom. The minimum absolute atomic E-state index is 0.202. The highest BCUT2D eigenvalue weighted by Gasteiger charge is 2.20. The van der Waals surface area contributed by atoms with E-state index in [0.29, 0.717) is 23.9 Å². The van der Waals surface area contributed by atoms with Gasteiger partial charge in [0.25, 0.3) is 0 Å². The second-order valence-corrected chi connectivity index (χ2v) is 5.50. The third-order valence-corrected chi connectivity index (χ3v) is 3.74. The summed E-state index contributed by atoms with van der Waals surface area (Å²) in [6.07, 6.45) is 2.94. The van der Waals surface area contributed by atoms with Gasteiger partial charge in [-0.25, -0.2) is 0 Å². The molecule has 118 valence electrons. The first-order valence-corrected chi connectivity index (χ1v) is 7.69. The lowest BCUT2D eigenvalue weighted by atomic mass is 10.2. The summed E-state index contributed by atoms with van der Waals surface area (Å²) in [4.78, 5) is 11.9. The molecule has 5 heteroatoms. The van der Waals surface area contributed by atoms with Crippen LogP contribution in [-0.2, 0) is 4.79 Å². The number of hydrogen-bond acceptors (Lipinski definition) is 3. The van der Waals surface area contributed by atoms with Crippen molar-refractivity contribution in [2.24, 2.45) is 0 Å². The largest absolute Gasteiger partial charge is 0.486 e. The molecule has 0 bridgehead atoms. The number of nitrogens with one attached hydrogen (secondary N) is 1. The number of carbonyl (C=O) groups excluding carboxylic acids is 1. The number of ether oxygens (including phenoxy) is 2. The molecule has 0 saturated carbocycles. The van der Waals surface area contributed by atoms with Crippen LogP contribution in [0.1, 0.15) is 5.56 Å². The van der Waals surface area contributed by atoms with Crippen molar-refractivity contribution < 1.29 is 14.3 Å². The van der Waals surface area contributed by atoms with Crippen molar-refractivity contribution in [1.82, 2.24) is 5.32 Å². The average Bonchev–Trinajstić information content (AvgIpc) is 2.59. The normalized spacial score (nSPS) is 16.3. The van der Waals surface area contributed by atoms with Crippen LogP contribution in [0.15, 0.2) is 54.6 Å². The molecule has 1 aliphatic heterocycles. The molecule has 0 aromatic heterocycles. The zero-order valence-electron chi connectivity index (χ0n) is 12.4. The molecule has 1 aliphatic rings. The zero-order valence-corrected chi connectivity index (χ0v) is 13.1. The minimum Gasteiger partial charge on any atom is -0.486 e. The van der Waals surface area contributed by atoms with Gasteiger partial charge >= 0.3 is 0 Å². The van der Waals surface area contributed by atoms with Crippen molar-refractivity contribution >= 4 is 23.6 Å². The maximum atomic E-state index is 11.9. The van der Waals surface area contributed by atoms with Gasteiger partial charge in [-0.3, -0.25) is 4.79 Å². The van der Waals surface area contributed by atoms with Crippen LogP contribution in [-0.4, -0.2) is 25.2 Å². The standard InChI is InChI=1S/C18H16ClNO3/c19-15-6-2-1-5-13(15)9-10-18(21)20-11-14-12-22-16-7-3-4-8-17(16)23-14/h1-10,14H,11-12H2,(H,20,21)/b10-9+/t14-/m1/s1. The van der Waals surface area contributed by atoms with Gasteiger partial charge in [0.05, 0.1) is 6.54 Å². The third-order valence-electron chi connectivity index (χ3n) is 3.39. The van der Waals surface area contributed by atoms with Crippen LogP contribution in [0.2, 0.25) is 5.02 Å². The molecule has 1 atom stereocenters. The van der Waals surface area contributed by atoms with Crippen LogP contribution in [0.4, 0.5) is 0 Å². The Bertz CT molecular complexity index is 730. The van der Waals surface area contributed by atoms with E-state index in [4.69, 9.17) is 21.1 Å². The lowest BCUT2D eigenvalue weighted by Gasteiger charge is -2.26. The van der Waals surface area contributed by atoms with E-state index in [1.807, 2.05) is 42.5 Å². The van der Waals surface area contributed by atoms with E-state index < -0.39 is 0 Å². The lowest BCUT2D eigenvalue weighted by molar-refractivity contribution is -0.116. The number of benzene rings is 2. The van der Waals surface area contributed by atoms with Gasteiger partial charge in [0.2, 0.25) is 5.91 Å². The van der Waals surface area contributed by atoms with Crippen LogP contribution < -0.4 is 14.8 Å². The zero-order chi connectivity index (χ0) is 16.1. The van der Waals surface area contributed by atoms with Gasteiger partial charge in [-0.1, -0.05) is 41.9 Å². The Hall–Kier alpha value is -2.46. The summed E-state index contributed by atoms with van der Waals surface area (Å²) in [5.74, 6) is 1.23. The number of hydrogen-bond donors (Lipinski definition) is 1. The van der Waals surface area contributed by atoms with Gasteiger partial charge < -0.3 is 14.8 Å². The quantitative estimate of drug-likeness (QED) is 0.875. The van der Waals surface area contributed by atoms with E-state index in [1.165, 1.54) is 6.08 Å². The maximum absolute atomic E-state index is 11.9. The molecule has 0 fully saturated rings. The molecule has 1 amide bonds. The molecule has 0 saturated heterocycles. The SMILES string of the molecule is O=C(/C=C/c1ccccc1Cl)NC[C@@H]1COc2ccccc2O1. The Morgan fingerprint density at radius 2 is 1.91 bits per heavy atom. The molecule has 4 nitrogen and oxygen atoms in total. The molecule has 1 N–H and O–H groups in total. The fourth-order valence-corrected chi connectivity index (χ4v) is 2.41. The summed E-state index contributed by atoms with van der Waals surface area (Å²) < 4.78 is 11.4. The number of halogens is 1. The lowest BCUT2D eigenvalue weighted by Crippen LogP contribution is -2.40. The van der Waals surface area contributed by atoms with Crippen LogP contribution >= 0.6 is 11.6 Å². The molecule has 0 radical (unpaired) electrons. The van der Waals surface area contributed by atoms with Gasteiger partial charge in [0, 0.05) is 11.1 Å². The monoisotopic (exact) mass is 329 g/mol. The van der Waals surface area contributed by atoms with E-state index in [-0.39, 0.29) is 12.0 Å². The number of carbonyl (C=O) groups is 1. The summed E-state index contributed by atoms with van der Waals surface area (Å²) in [6, 6.07) is 14.8. The molecule has 1 heterocycles. The Balaban J connectivity index is 1.51. The van der Waals surface area contributed by atoms with Crippen molar-refractivity contribution in [3.05, 3.63) is 65.2 Å². The molecule has 23 heavy (non-hydrogen) atoms. The van der Waals surface area contributed by atoms with Crippen LogP contribution in [0.5, 0.6) is 11.5 Å². The van der Waals surface area contributed by atoms with Gasteiger partial charge in [0.15, 0.2) is 11.5 Å². The van der Waals surface area contributed by atoms with Gasteiger partial charge in [-0.2, -0.15) is 0 Å². The fourth-order valence-electron chi connectivity index (χ4n) is 2.21. The average molecular weight is 330 g/mol. The van der Waals surface area contributed by atoms with E-state index in [2.05, 4.69) is 5.32 Å². The van der Waals surface area contributed by atoms with E-state index in [9.17, 15) is 4.79 Å². The molecule has 0 aliphatic carbocycles. The van der Waals surface area contributed by atoms with E-state index >= 15 is 0 Å². The fraction of sp³-hybridized carbons (Fsp3) is 0.167. The number of fused-ring (bicyclic) bond motifs is 1. The Morgan fingerprint density at radius 3 is 2.74 bits per heavy atom. The number of amides is 1. The number of rotatable bonds is 4. The maximum Gasteiger partial charge on any atom is 0.244 e. The van der Waals surface area contributed by atoms with Gasteiger partial charge in [-0.05, 0) is 29.8 Å². The smallest absolute Gasteiger partial charge is 0.244 e. The van der Waals surface area contributed by atoms with Crippen LogP contribution in [0, 0.1) is 0 Å². The molecule has 2 aromatic carbocycles. The summed E-state index contributed by atoms with van der Waals surface area (Å²) in [6.45, 7) is 0.783. The summed E-state index contributed by atoms with van der Waals surface area (Å²) >= 11 is 6.03. The van der Waals surface area contributed by atoms with Crippen molar-refractivity contribution in [1.29, 1.82) is 0 Å². The molecular weight excluding hydrogens is 314 g/mol. The topological polar surface area (TPSA) is 47.6 Å². The molecule has 0 unspecified atom stereocenters. The first kappa shape index (κ1) is 15.4. The highest BCUT2D eigenvalue weighted by atomic mass is 35.5. The minimum atomic E-state index is -0.206. The van der Waals surface area contributed by atoms with Crippen molar-refractivity contribution in [2.45, 2.75) is 6.10 Å². The van der Waals surface area contributed by atoms with Crippen molar-refractivity contribution in [3.63, 3.8) is 0 Å². The van der Waals surface area contributed by atoms with Crippen LogP contribution in [0.3, 0.4) is 0 Å². The Kier molecular flexibility index (Phi) is 4.83. The van der Waals surface area contributed by atoms with Crippen molar-refractivity contribution in [3.8, 4) is 11.5 Å². The second-order valence-electron chi connectivity index (χ2n) is 5.10. The highest BCUT2D eigenvalue weighted by molar-refractivity contribution is 6.32. The second kappa shape index (κ2) is 7.20. The first-order valence-electron chi connectivity index (χ1n) is 7.31. The third kappa shape index (κ3) is 4.05. The molecule has 3 rings (SSSR count). The van der Waals surface area contributed by atoms with Crippen LogP contribution in [0.25, 0.3) is 6.08 Å². The molecule has 0 spiro atoms. The Labute approximate surface area is 139 Å². The van der Waals surface area contributed by atoms with E-state index in [1.54, 1.807) is 12.1 Å². The van der Waals surface area contributed by atoms with Gasteiger partial charge in [0.1, 0.15) is 12.7 Å². The highest BCUT2D eigenvalue weighted by Crippen LogP contribution is 2.30. The number of para-hydroxylation sites is 2. The predicted molar refractivity (Wildman–Crippen MR) is 89.8 cm³/mol. The molecular formula is C18H16ClNO3. The van der Waals surface area contributed by atoms with Gasteiger partial charge in [-0.15, -0.1) is 0 Å². The first-order chi connectivity index (χ1) is 11.2. The summed E-state index contributed by atoms with van der Waals surface area (Å²) in [5, 5.41) is 3.41. The van der Waals surface area contributed by atoms with E-state index in [0.717, 1.165) is 11.3 Å². The van der Waals surface area contributed by atoms with Crippen molar-refractivity contribution in [2.75, 3.05) is 13.2 Å². The molecule has 2 aromatic rings. The predicted octanol–water partition coefficient (Wildman–Crippen LogP) is 3.31. The summed E-state index contributed by atoms with van der Waals surface area (Å²) in [7, 11) is 0. The summed E-state index contributed by atoms with van der Waals surface area (Å²) in [5.41, 5.74) is 0.801.